The van der Waals surface area contributed by atoms with E-state index in [9.17, 15) is 10.2 Å². The standard InChI is InChI=1S/C55H69NO4S2/c1-52(2,3)42-24-34-20-38-28-44(54(7,8)9)30-40-22-36-26-43(53(4,5)6)27-37(49(36)58)23-41-31-45(55(10,11)12)29-39(21-35(25-42)48(34)57)51(41)60-17-19-62-33-47-15-13-14-46(56-47)32-61-18-16-59-50(38)40/h13-15,24-31,57-58H,16-23,32-33H2,1-12H3. The maximum atomic E-state index is 12.6. The number of hydrogen-bond acceptors (Lipinski definition) is 7. The number of rotatable bonds is 0. The van der Waals surface area contributed by atoms with Crippen LogP contribution >= 0.6 is 23.5 Å². The average molecular weight is 872 g/mol. The van der Waals surface area contributed by atoms with Gasteiger partial charge in [-0.25, -0.2) is 0 Å². The molecule has 0 spiro atoms. The molecule has 1 aromatic heterocycles. The Hall–Kier alpha value is -4.07. The van der Waals surface area contributed by atoms with E-state index in [0.29, 0.717) is 50.4 Å². The summed E-state index contributed by atoms with van der Waals surface area (Å²) in [5, 5.41) is 25.1. The lowest BCUT2D eigenvalue weighted by Gasteiger charge is -2.28. The van der Waals surface area contributed by atoms with Gasteiger partial charge in [0, 0.05) is 48.7 Å². The van der Waals surface area contributed by atoms with E-state index < -0.39 is 0 Å². The third-order valence-electron chi connectivity index (χ3n) is 12.3. The van der Waals surface area contributed by atoms with Gasteiger partial charge in [0.25, 0.3) is 0 Å². The quantitative estimate of drug-likeness (QED) is 0.158. The molecule has 330 valence electrons. The Morgan fingerprint density at radius 2 is 0.710 bits per heavy atom. The lowest BCUT2D eigenvalue weighted by molar-refractivity contribution is 0.336. The Morgan fingerprint density at radius 1 is 0.435 bits per heavy atom. The summed E-state index contributed by atoms with van der Waals surface area (Å²) in [7, 11) is 0. The topological polar surface area (TPSA) is 71.8 Å². The van der Waals surface area contributed by atoms with Crippen LogP contribution in [0.5, 0.6) is 23.0 Å². The zero-order chi connectivity index (χ0) is 44.8. The molecule has 0 saturated heterocycles. The number of nitrogens with zero attached hydrogens (tertiary/aromatic N) is 1. The maximum Gasteiger partial charge on any atom is 0.126 e. The van der Waals surface area contributed by atoms with Crippen LogP contribution in [-0.4, -0.2) is 39.9 Å². The zero-order valence-corrected chi connectivity index (χ0v) is 41.0. The highest BCUT2D eigenvalue weighted by molar-refractivity contribution is 7.98. The number of thioether (sulfide) groups is 2. The number of fused-ring (bicyclic) bond motifs is 8. The van der Waals surface area contributed by atoms with Gasteiger partial charge in [-0.15, -0.1) is 0 Å². The van der Waals surface area contributed by atoms with Crippen molar-refractivity contribution in [2.75, 3.05) is 24.7 Å². The van der Waals surface area contributed by atoms with Crippen LogP contribution in [0.2, 0.25) is 0 Å². The smallest absolute Gasteiger partial charge is 0.126 e. The molecule has 0 amide bonds. The molecule has 4 aromatic carbocycles. The number of phenols is 2. The van der Waals surface area contributed by atoms with Crippen molar-refractivity contribution in [2.24, 2.45) is 0 Å². The van der Waals surface area contributed by atoms with Crippen molar-refractivity contribution in [3.8, 4) is 23.0 Å². The molecule has 0 atom stereocenters. The SMILES string of the molecule is CC(C)(C)c1cc2c(O)c(c1)Cc1cc(C(C)(C)C)cc3c1OCCSCc1cccc(n1)CSCCOc1c(cc(C(C)(C)C)cc1Cc1cc(C(C)(C)C)cc(c1O)C3)C2. The van der Waals surface area contributed by atoms with Crippen molar-refractivity contribution in [1.82, 2.24) is 4.98 Å². The first-order valence-corrected chi connectivity index (χ1v) is 24.7. The second kappa shape index (κ2) is 17.8. The molecule has 62 heavy (non-hydrogen) atoms. The fourth-order valence-corrected chi connectivity index (χ4v) is 9.90. The van der Waals surface area contributed by atoms with Crippen molar-refractivity contribution in [3.05, 3.63) is 145 Å². The summed E-state index contributed by atoms with van der Waals surface area (Å²) in [4.78, 5) is 5.02. The van der Waals surface area contributed by atoms with E-state index in [1.54, 1.807) is 0 Å². The Labute approximate surface area is 380 Å². The summed E-state index contributed by atoms with van der Waals surface area (Å²) < 4.78 is 14.0. The second-order valence-corrected chi connectivity index (χ2v) is 23.9. The Balaban J connectivity index is 1.55. The highest BCUT2D eigenvalue weighted by Crippen LogP contribution is 2.44. The summed E-state index contributed by atoms with van der Waals surface area (Å²) in [6, 6.07) is 24.4. The molecule has 5 nitrogen and oxygen atoms in total. The van der Waals surface area contributed by atoms with Gasteiger partial charge in [0.1, 0.15) is 23.0 Å². The number of ether oxygens (including phenoxy) is 2. The summed E-state index contributed by atoms with van der Waals surface area (Å²) >= 11 is 3.66. The van der Waals surface area contributed by atoms with Gasteiger partial charge in [-0.3, -0.25) is 4.98 Å². The molecular formula is C55H69NO4S2. The normalized spacial score (nSPS) is 15.7. The first-order valence-electron chi connectivity index (χ1n) is 22.4. The Kier molecular flexibility index (Phi) is 13.2. The minimum absolute atomic E-state index is 0.161. The van der Waals surface area contributed by atoms with Crippen molar-refractivity contribution in [2.45, 2.75) is 142 Å². The van der Waals surface area contributed by atoms with Crippen LogP contribution in [0.15, 0.2) is 66.7 Å². The lowest BCUT2D eigenvalue weighted by Crippen LogP contribution is -2.17. The highest BCUT2D eigenvalue weighted by Gasteiger charge is 2.28. The zero-order valence-electron chi connectivity index (χ0n) is 39.4. The van der Waals surface area contributed by atoms with Crippen molar-refractivity contribution in [1.29, 1.82) is 0 Å². The molecule has 0 radical (unpaired) electrons. The maximum absolute atomic E-state index is 12.6. The molecule has 7 heteroatoms. The molecular weight excluding hydrogens is 803 g/mol. The molecule has 2 aliphatic heterocycles. The predicted molar refractivity (Wildman–Crippen MR) is 263 cm³/mol. The van der Waals surface area contributed by atoms with Crippen molar-refractivity contribution >= 4 is 23.5 Å². The van der Waals surface area contributed by atoms with Crippen LogP contribution in [0.25, 0.3) is 0 Å². The first kappa shape index (κ1) is 45.9. The minimum Gasteiger partial charge on any atom is -0.507 e. The number of hydrogen-bond donors (Lipinski definition) is 2. The molecule has 12 bridgehead atoms. The van der Waals surface area contributed by atoms with Crippen LogP contribution in [0, 0.1) is 0 Å². The van der Waals surface area contributed by atoms with E-state index in [2.05, 4.69) is 150 Å². The summed E-state index contributed by atoms with van der Waals surface area (Å²) in [5.74, 6) is 5.51. The second-order valence-electron chi connectivity index (χ2n) is 21.7. The average Bonchev–Trinajstić information content (AvgIpc) is 3.16. The van der Waals surface area contributed by atoms with Gasteiger partial charge >= 0.3 is 0 Å². The number of aromatic nitrogens is 1. The minimum atomic E-state index is -0.162. The molecule has 3 heterocycles. The van der Waals surface area contributed by atoms with Gasteiger partial charge in [0.2, 0.25) is 0 Å². The molecule has 5 aromatic rings. The molecule has 0 unspecified atom stereocenters. The van der Waals surface area contributed by atoms with Crippen LogP contribution in [-0.2, 0) is 58.8 Å². The number of phenolic OH excluding ortho intramolecular Hbond substituents is 2. The van der Waals surface area contributed by atoms with E-state index in [1.807, 2.05) is 23.5 Å². The number of benzene rings is 4. The van der Waals surface area contributed by atoms with Crippen molar-refractivity contribution < 1.29 is 19.7 Å². The van der Waals surface area contributed by atoms with Crippen molar-refractivity contribution in [3.63, 3.8) is 0 Å². The van der Waals surface area contributed by atoms with Crippen LogP contribution < -0.4 is 9.47 Å². The van der Waals surface area contributed by atoms with Gasteiger partial charge in [-0.05, 0) is 101 Å². The summed E-state index contributed by atoms with van der Waals surface area (Å²) in [5.41, 5.74) is 14.0. The molecule has 0 fully saturated rings. The monoisotopic (exact) mass is 871 g/mol. The van der Waals surface area contributed by atoms with Gasteiger partial charge < -0.3 is 19.7 Å². The van der Waals surface area contributed by atoms with E-state index >= 15 is 0 Å². The molecule has 0 saturated carbocycles. The third-order valence-corrected chi connectivity index (χ3v) is 14.2. The van der Waals surface area contributed by atoms with Gasteiger partial charge in [-0.2, -0.15) is 23.5 Å². The number of aromatic hydroxyl groups is 2. The summed E-state index contributed by atoms with van der Waals surface area (Å²) in [6.45, 7) is 28.1. The van der Waals surface area contributed by atoms with Gasteiger partial charge in [-0.1, -0.05) is 138 Å². The van der Waals surface area contributed by atoms with Crippen LogP contribution in [0.1, 0.15) is 161 Å². The van der Waals surface area contributed by atoms with Crippen LogP contribution in [0.4, 0.5) is 0 Å². The fourth-order valence-electron chi connectivity index (χ4n) is 8.47. The summed E-state index contributed by atoms with van der Waals surface area (Å²) in [6.07, 6.45) is 1.97. The number of pyridine rings is 1. The van der Waals surface area contributed by atoms with E-state index in [0.717, 1.165) is 90.4 Å². The molecule has 1 aliphatic carbocycles. The van der Waals surface area contributed by atoms with Gasteiger partial charge in [0.05, 0.1) is 24.6 Å². The van der Waals surface area contributed by atoms with E-state index in [1.165, 1.54) is 22.3 Å². The molecule has 2 N–H and O–H groups in total. The largest absolute Gasteiger partial charge is 0.507 e. The fraction of sp³-hybridized carbons (Fsp3) is 0.473. The predicted octanol–water partition coefficient (Wildman–Crippen LogP) is 13.3. The Morgan fingerprint density at radius 3 is 0.984 bits per heavy atom. The van der Waals surface area contributed by atoms with E-state index in [4.69, 9.17) is 14.5 Å². The Bertz CT molecular complexity index is 2180. The highest BCUT2D eigenvalue weighted by atomic mass is 32.2. The van der Waals surface area contributed by atoms with E-state index in [-0.39, 0.29) is 21.7 Å². The third kappa shape index (κ3) is 10.6. The molecule has 8 rings (SSSR count). The first-order chi connectivity index (χ1) is 29.0. The van der Waals surface area contributed by atoms with Gasteiger partial charge in [0.15, 0.2) is 0 Å². The lowest BCUT2D eigenvalue weighted by atomic mass is 9.79. The molecule has 3 aliphatic rings. The van der Waals surface area contributed by atoms with Crippen LogP contribution in [0.3, 0.4) is 0 Å².